The van der Waals surface area contributed by atoms with Crippen LogP contribution < -0.4 is 0 Å². The molecule has 0 aromatic rings. The lowest BCUT2D eigenvalue weighted by Gasteiger charge is -2.31. The number of methoxy groups -OCH3 is 1. The van der Waals surface area contributed by atoms with Crippen LogP contribution in [0.2, 0.25) is 0 Å². The molecular weight excluding hydrogens is 206 g/mol. The number of ether oxygens (including phenoxy) is 2. The maximum absolute atomic E-state index is 11.8. The summed E-state index contributed by atoms with van der Waals surface area (Å²) >= 11 is 0. The van der Waals surface area contributed by atoms with Gasteiger partial charge in [0.25, 0.3) is 0 Å². The highest BCUT2D eigenvalue weighted by molar-refractivity contribution is 5.75. The van der Waals surface area contributed by atoms with Crippen LogP contribution in [0.1, 0.15) is 34.6 Å². The zero-order valence-electron chi connectivity index (χ0n) is 11.5. The minimum Gasteiger partial charge on any atom is -0.459 e. The second-order valence-corrected chi connectivity index (χ2v) is 5.18. The summed E-state index contributed by atoms with van der Waals surface area (Å²) in [7, 11) is 3.56. The minimum atomic E-state index is -0.434. The molecule has 2 unspecified atom stereocenters. The zero-order chi connectivity index (χ0) is 12.9. The first-order valence-corrected chi connectivity index (χ1v) is 5.62. The normalized spacial score (nSPS) is 16.0. The second-order valence-electron chi connectivity index (χ2n) is 5.18. The molecule has 0 aromatic carbocycles. The average Bonchev–Trinajstić information content (AvgIpc) is 2.13. The predicted octanol–water partition coefficient (Wildman–Crippen LogP) is 1.68. The van der Waals surface area contributed by atoms with Crippen molar-refractivity contribution in [2.75, 3.05) is 20.8 Å². The monoisotopic (exact) mass is 231 g/mol. The first-order chi connectivity index (χ1) is 7.19. The van der Waals surface area contributed by atoms with Crippen LogP contribution in [0.15, 0.2) is 0 Å². The predicted molar refractivity (Wildman–Crippen MR) is 64.4 cm³/mol. The molecule has 0 aromatic heterocycles. The van der Waals surface area contributed by atoms with E-state index in [1.54, 1.807) is 7.11 Å². The van der Waals surface area contributed by atoms with E-state index < -0.39 is 5.60 Å². The van der Waals surface area contributed by atoms with E-state index in [9.17, 15) is 4.79 Å². The molecule has 0 radical (unpaired) electrons. The van der Waals surface area contributed by atoms with E-state index in [4.69, 9.17) is 9.47 Å². The van der Waals surface area contributed by atoms with E-state index in [1.807, 2.05) is 46.6 Å². The summed E-state index contributed by atoms with van der Waals surface area (Å²) in [5.41, 5.74) is -0.434. The highest BCUT2D eigenvalue weighted by Gasteiger charge is 2.26. The van der Waals surface area contributed by atoms with Gasteiger partial charge in [-0.2, -0.15) is 0 Å². The molecule has 0 spiro atoms. The first kappa shape index (κ1) is 15.4. The van der Waals surface area contributed by atoms with Gasteiger partial charge in [-0.05, 0) is 41.7 Å². The van der Waals surface area contributed by atoms with Crippen molar-refractivity contribution in [3.8, 4) is 0 Å². The molecule has 0 rings (SSSR count). The largest absolute Gasteiger partial charge is 0.459 e. The number of nitrogens with zero attached hydrogens (tertiary/aromatic N) is 1. The molecule has 0 saturated heterocycles. The fraction of sp³-hybridized carbons (Fsp3) is 0.917. The molecule has 2 atom stereocenters. The van der Waals surface area contributed by atoms with Gasteiger partial charge in [0.05, 0.1) is 6.61 Å². The number of likely N-dealkylation sites (N-methyl/N-ethyl adjacent to an activating group) is 1. The van der Waals surface area contributed by atoms with Gasteiger partial charge in [-0.15, -0.1) is 0 Å². The Labute approximate surface area is 98.9 Å². The van der Waals surface area contributed by atoms with Gasteiger partial charge >= 0.3 is 5.97 Å². The Bertz CT molecular complexity index is 223. The molecule has 0 aliphatic carbocycles. The summed E-state index contributed by atoms with van der Waals surface area (Å²) in [4.78, 5) is 13.8. The van der Waals surface area contributed by atoms with Crippen molar-refractivity contribution in [3.05, 3.63) is 0 Å². The van der Waals surface area contributed by atoms with Crippen molar-refractivity contribution in [3.63, 3.8) is 0 Å². The highest BCUT2D eigenvalue weighted by Crippen LogP contribution is 2.12. The number of esters is 1. The third kappa shape index (κ3) is 5.47. The van der Waals surface area contributed by atoms with Crippen LogP contribution in [-0.2, 0) is 14.3 Å². The molecule has 0 bridgehead atoms. The van der Waals surface area contributed by atoms with Gasteiger partial charge < -0.3 is 9.47 Å². The van der Waals surface area contributed by atoms with E-state index in [0.717, 1.165) is 0 Å². The molecule has 16 heavy (non-hydrogen) atoms. The van der Waals surface area contributed by atoms with E-state index in [2.05, 4.69) is 0 Å². The first-order valence-electron chi connectivity index (χ1n) is 5.62. The van der Waals surface area contributed by atoms with Crippen molar-refractivity contribution in [1.29, 1.82) is 0 Å². The fourth-order valence-electron chi connectivity index (χ4n) is 1.29. The van der Waals surface area contributed by atoms with Gasteiger partial charge in [0, 0.05) is 13.2 Å². The van der Waals surface area contributed by atoms with Crippen LogP contribution in [0.25, 0.3) is 0 Å². The van der Waals surface area contributed by atoms with E-state index in [-0.39, 0.29) is 18.1 Å². The second kappa shape index (κ2) is 6.21. The molecule has 0 heterocycles. The molecule has 0 aliphatic heterocycles. The summed E-state index contributed by atoms with van der Waals surface area (Å²) < 4.78 is 10.4. The van der Waals surface area contributed by atoms with Gasteiger partial charge in [-0.1, -0.05) is 0 Å². The Kier molecular flexibility index (Phi) is 5.97. The lowest BCUT2D eigenvalue weighted by atomic mass is 10.2. The van der Waals surface area contributed by atoms with Crippen LogP contribution in [0.5, 0.6) is 0 Å². The Balaban J connectivity index is 4.32. The van der Waals surface area contributed by atoms with Crippen LogP contribution in [-0.4, -0.2) is 49.3 Å². The molecule has 4 nitrogen and oxygen atoms in total. The van der Waals surface area contributed by atoms with Crippen molar-refractivity contribution in [2.45, 2.75) is 52.3 Å². The minimum absolute atomic E-state index is 0.188. The highest BCUT2D eigenvalue weighted by atomic mass is 16.6. The molecule has 0 amide bonds. The maximum atomic E-state index is 11.8. The Morgan fingerprint density at radius 1 is 1.31 bits per heavy atom. The topological polar surface area (TPSA) is 38.8 Å². The van der Waals surface area contributed by atoms with E-state index in [1.165, 1.54) is 0 Å². The quantitative estimate of drug-likeness (QED) is 0.675. The van der Waals surface area contributed by atoms with Gasteiger partial charge in [0.15, 0.2) is 0 Å². The SMILES string of the molecule is COCC(C)N(C)C(C)C(=O)OC(C)(C)C. The van der Waals surface area contributed by atoms with Crippen LogP contribution in [0.4, 0.5) is 0 Å². The number of carbonyl (C=O) groups is 1. The summed E-state index contributed by atoms with van der Waals surface area (Å²) in [6.45, 7) is 10.1. The molecule has 4 heteroatoms. The number of hydrogen-bond donors (Lipinski definition) is 0. The Morgan fingerprint density at radius 3 is 2.19 bits per heavy atom. The number of hydrogen-bond acceptors (Lipinski definition) is 4. The Hall–Kier alpha value is -0.610. The number of carbonyl (C=O) groups excluding carboxylic acids is 1. The lowest BCUT2D eigenvalue weighted by Crippen LogP contribution is -2.46. The average molecular weight is 231 g/mol. The number of rotatable bonds is 5. The van der Waals surface area contributed by atoms with Gasteiger partial charge in [0.2, 0.25) is 0 Å². The maximum Gasteiger partial charge on any atom is 0.323 e. The lowest BCUT2D eigenvalue weighted by molar-refractivity contribution is -0.161. The van der Waals surface area contributed by atoms with Crippen molar-refractivity contribution in [1.82, 2.24) is 4.90 Å². The smallest absolute Gasteiger partial charge is 0.323 e. The van der Waals surface area contributed by atoms with Crippen molar-refractivity contribution < 1.29 is 14.3 Å². The molecule has 0 saturated carbocycles. The summed E-state index contributed by atoms with van der Waals surface area (Å²) in [6.07, 6.45) is 0. The van der Waals surface area contributed by atoms with Gasteiger partial charge in [-0.25, -0.2) is 0 Å². The summed E-state index contributed by atoms with van der Waals surface area (Å²) in [5, 5.41) is 0. The van der Waals surface area contributed by atoms with Crippen molar-refractivity contribution in [2.24, 2.45) is 0 Å². The van der Waals surface area contributed by atoms with E-state index >= 15 is 0 Å². The van der Waals surface area contributed by atoms with Crippen LogP contribution in [0, 0.1) is 0 Å². The van der Waals surface area contributed by atoms with Crippen molar-refractivity contribution >= 4 is 5.97 Å². The van der Waals surface area contributed by atoms with Crippen LogP contribution in [0.3, 0.4) is 0 Å². The Morgan fingerprint density at radius 2 is 1.81 bits per heavy atom. The summed E-state index contributed by atoms with van der Waals surface area (Å²) in [6, 6.07) is -0.0723. The zero-order valence-corrected chi connectivity index (χ0v) is 11.5. The van der Waals surface area contributed by atoms with Crippen LogP contribution >= 0.6 is 0 Å². The molecule has 96 valence electrons. The molecule has 0 N–H and O–H groups in total. The van der Waals surface area contributed by atoms with Gasteiger partial charge in [0.1, 0.15) is 11.6 Å². The molecule has 0 fully saturated rings. The van der Waals surface area contributed by atoms with E-state index in [0.29, 0.717) is 6.61 Å². The fourth-order valence-corrected chi connectivity index (χ4v) is 1.29. The summed E-state index contributed by atoms with van der Waals surface area (Å²) in [5.74, 6) is -0.196. The molecule has 0 aliphatic rings. The molecular formula is C12H25NO3. The van der Waals surface area contributed by atoms with Gasteiger partial charge in [-0.3, -0.25) is 9.69 Å². The third-order valence-electron chi connectivity index (χ3n) is 2.46. The third-order valence-corrected chi connectivity index (χ3v) is 2.46. The standard InChI is InChI=1S/C12H25NO3/c1-9(8-15-7)13(6)10(2)11(14)16-12(3,4)5/h9-10H,8H2,1-7H3.